The molecule has 4 heteroatoms. The maximum absolute atomic E-state index is 6.04. The van der Waals surface area contributed by atoms with E-state index in [0.29, 0.717) is 17.4 Å². The predicted molar refractivity (Wildman–Crippen MR) is 128 cm³/mol. The number of rotatable bonds is 12. The fraction of sp³-hybridized carbons (Fsp3) is 0.760. The molecule has 1 heterocycles. The lowest BCUT2D eigenvalue weighted by Gasteiger charge is -2.38. The molecule has 0 bridgehead atoms. The van der Waals surface area contributed by atoms with Crippen LogP contribution in [0.15, 0.2) is 18.2 Å². The van der Waals surface area contributed by atoms with Gasteiger partial charge in [-0.3, -0.25) is 4.90 Å². The number of likely N-dealkylation sites (tertiary alicyclic amines) is 1. The molecule has 2 rings (SSSR count). The van der Waals surface area contributed by atoms with Crippen LogP contribution >= 0.6 is 0 Å². The normalized spacial score (nSPS) is 16.8. The molecular formula is C25H46N4. The van der Waals surface area contributed by atoms with E-state index in [1.807, 2.05) is 6.07 Å². The summed E-state index contributed by atoms with van der Waals surface area (Å²) in [6.45, 7) is 15.5. The molecule has 29 heavy (non-hydrogen) atoms. The smallest absolute Gasteiger partial charge is 0.0550 e. The Morgan fingerprint density at radius 3 is 2.03 bits per heavy atom. The van der Waals surface area contributed by atoms with E-state index in [9.17, 15) is 0 Å². The van der Waals surface area contributed by atoms with Crippen LogP contribution in [0.3, 0.4) is 0 Å². The molecule has 0 spiro atoms. The van der Waals surface area contributed by atoms with E-state index in [-0.39, 0.29) is 0 Å². The Labute approximate surface area is 180 Å². The van der Waals surface area contributed by atoms with Crippen LogP contribution in [0.2, 0.25) is 0 Å². The first kappa shape index (κ1) is 24.0. The molecule has 0 radical (unpaired) electrons. The first-order valence-corrected chi connectivity index (χ1v) is 12.0. The molecule has 1 aliphatic heterocycles. The van der Waals surface area contributed by atoms with Crippen LogP contribution in [-0.2, 0) is 6.42 Å². The van der Waals surface area contributed by atoms with Gasteiger partial charge in [0.05, 0.1) is 11.4 Å². The molecule has 1 atom stereocenters. The van der Waals surface area contributed by atoms with Crippen LogP contribution in [0, 0.1) is 11.8 Å². The lowest BCUT2D eigenvalue weighted by atomic mass is 9.99. The number of hydrogen-bond donors (Lipinski definition) is 2. The fourth-order valence-corrected chi connectivity index (χ4v) is 4.26. The van der Waals surface area contributed by atoms with Gasteiger partial charge in [-0.25, -0.2) is 0 Å². The predicted octanol–water partition coefficient (Wildman–Crippen LogP) is 5.03. The quantitative estimate of drug-likeness (QED) is 0.481. The van der Waals surface area contributed by atoms with Crippen LogP contribution in [-0.4, -0.2) is 48.6 Å². The summed E-state index contributed by atoms with van der Waals surface area (Å²) in [7, 11) is 0. The Kier molecular flexibility index (Phi) is 10.3. The van der Waals surface area contributed by atoms with E-state index in [1.165, 1.54) is 76.8 Å². The lowest BCUT2D eigenvalue weighted by Crippen LogP contribution is -2.47. The fourth-order valence-electron chi connectivity index (χ4n) is 4.26. The van der Waals surface area contributed by atoms with Crippen molar-refractivity contribution in [3.05, 3.63) is 23.8 Å². The van der Waals surface area contributed by atoms with Gasteiger partial charge < -0.3 is 16.4 Å². The van der Waals surface area contributed by atoms with Crippen molar-refractivity contribution in [3.8, 4) is 0 Å². The summed E-state index contributed by atoms with van der Waals surface area (Å²) in [5, 5.41) is 0. The van der Waals surface area contributed by atoms with Crippen molar-refractivity contribution in [1.82, 2.24) is 9.80 Å². The highest BCUT2D eigenvalue weighted by Crippen LogP contribution is 2.21. The molecule has 166 valence electrons. The Hall–Kier alpha value is -1.26. The molecule has 1 saturated heterocycles. The average molecular weight is 403 g/mol. The van der Waals surface area contributed by atoms with Gasteiger partial charge in [0, 0.05) is 12.6 Å². The van der Waals surface area contributed by atoms with E-state index in [0.717, 1.165) is 18.3 Å². The van der Waals surface area contributed by atoms with Crippen LogP contribution in [0.25, 0.3) is 0 Å². The minimum Gasteiger partial charge on any atom is -0.397 e. The lowest BCUT2D eigenvalue weighted by molar-refractivity contribution is 0.107. The maximum Gasteiger partial charge on any atom is 0.0550 e. The van der Waals surface area contributed by atoms with E-state index >= 15 is 0 Å². The zero-order chi connectivity index (χ0) is 21.2. The average Bonchev–Trinajstić information content (AvgIpc) is 2.69. The molecule has 0 aromatic heterocycles. The molecule has 1 aliphatic rings. The number of nitrogen functional groups attached to an aromatic ring is 2. The summed E-state index contributed by atoms with van der Waals surface area (Å²) in [5.41, 5.74) is 14.7. The van der Waals surface area contributed by atoms with Gasteiger partial charge >= 0.3 is 0 Å². The second kappa shape index (κ2) is 12.4. The van der Waals surface area contributed by atoms with E-state index < -0.39 is 0 Å². The van der Waals surface area contributed by atoms with Crippen molar-refractivity contribution < 1.29 is 0 Å². The van der Waals surface area contributed by atoms with Crippen molar-refractivity contribution in [2.45, 2.75) is 78.7 Å². The molecule has 0 amide bonds. The molecule has 0 saturated carbocycles. The highest BCUT2D eigenvalue weighted by atomic mass is 15.2. The number of nitrogens with zero attached hydrogens (tertiary/aromatic N) is 2. The molecular weight excluding hydrogens is 356 g/mol. The summed E-state index contributed by atoms with van der Waals surface area (Å²) >= 11 is 0. The number of nitrogens with two attached hydrogens (primary N) is 2. The first-order chi connectivity index (χ1) is 13.8. The van der Waals surface area contributed by atoms with Crippen LogP contribution in [0.1, 0.15) is 71.8 Å². The molecule has 1 unspecified atom stereocenters. The summed E-state index contributed by atoms with van der Waals surface area (Å²) in [4.78, 5) is 5.51. The zero-order valence-electron chi connectivity index (χ0n) is 19.5. The SMILES string of the molecule is CC(C)CCN(CCC(C)C)CC(CCc1ccc(N)c(N)c1)N1CCCCC1. The number of hydrogen-bond acceptors (Lipinski definition) is 4. The summed E-state index contributed by atoms with van der Waals surface area (Å²) in [6, 6.07) is 6.80. The van der Waals surface area contributed by atoms with Gasteiger partial charge in [-0.2, -0.15) is 0 Å². The Bertz CT molecular complexity index is 566. The van der Waals surface area contributed by atoms with Gasteiger partial charge in [0.15, 0.2) is 0 Å². The zero-order valence-corrected chi connectivity index (χ0v) is 19.5. The van der Waals surface area contributed by atoms with Crippen molar-refractivity contribution in [1.29, 1.82) is 0 Å². The van der Waals surface area contributed by atoms with E-state index in [2.05, 4.69) is 49.6 Å². The first-order valence-electron chi connectivity index (χ1n) is 12.0. The molecule has 1 fully saturated rings. The third-order valence-electron chi connectivity index (χ3n) is 6.34. The maximum atomic E-state index is 6.04. The largest absolute Gasteiger partial charge is 0.397 e. The number of aryl methyl sites for hydroxylation is 1. The minimum atomic E-state index is 0.633. The number of piperidine rings is 1. The highest BCUT2D eigenvalue weighted by molar-refractivity contribution is 5.63. The standard InChI is InChI=1S/C25H46N4/c1-20(2)12-16-28(17-13-21(3)4)19-23(29-14-6-5-7-15-29)10-8-22-9-11-24(26)25(27)18-22/h9,11,18,20-21,23H,5-8,10,12-17,19,26-27H2,1-4H3. The number of anilines is 2. The van der Waals surface area contributed by atoms with Crippen LogP contribution < -0.4 is 11.5 Å². The highest BCUT2D eigenvalue weighted by Gasteiger charge is 2.23. The van der Waals surface area contributed by atoms with Gasteiger partial charge in [0.25, 0.3) is 0 Å². The topological polar surface area (TPSA) is 58.5 Å². The van der Waals surface area contributed by atoms with Crippen molar-refractivity contribution in [2.75, 3.05) is 44.2 Å². The summed E-state index contributed by atoms with van der Waals surface area (Å²) in [5.74, 6) is 1.53. The van der Waals surface area contributed by atoms with Crippen LogP contribution in [0.5, 0.6) is 0 Å². The Morgan fingerprint density at radius 1 is 0.862 bits per heavy atom. The Balaban J connectivity index is 2.03. The van der Waals surface area contributed by atoms with Crippen molar-refractivity contribution >= 4 is 11.4 Å². The summed E-state index contributed by atoms with van der Waals surface area (Å²) in [6.07, 6.45) is 8.95. The molecule has 1 aromatic rings. The van der Waals surface area contributed by atoms with Crippen molar-refractivity contribution in [2.24, 2.45) is 11.8 Å². The van der Waals surface area contributed by atoms with Gasteiger partial charge in [-0.05, 0) is 94.2 Å². The van der Waals surface area contributed by atoms with Crippen molar-refractivity contribution in [3.63, 3.8) is 0 Å². The number of benzene rings is 1. The molecule has 4 nitrogen and oxygen atoms in total. The minimum absolute atomic E-state index is 0.633. The van der Waals surface area contributed by atoms with Gasteiger partial charge in [0.1, 0.15) is 0 Å². The van der Waals surface area contributed by atoms with E-state index in [1.54, 1.807) is 0 Å². The molecule has 4 N–H and O–H groups in total. The molecule has 1 aromatic carbocycles. The second-order valence-corrected chi connectivity index (χ2v) is 9.92. The van der Waals surface area contributed by atoms with Crippen LogP contribution in [0.4, 0.5) is 11.4 Å². The monoisotopic (exact) mass is 402 g/mol. The summed E-state index contributed by atoms with van der Waals surface area (Å²) < 4.78 is 0. The van der Waals surface area contributed by atoms with Gasteiger partial charge in [-0.1, -0.05) is 40.2 Å². The third-order valence-corrected chi connectivity index (χ3v) is 6.34. The van der Waals surface area contributed by atoms with Gasteiger partial charge in [-0.15, -0.1) is 0 Å². The molecule has 0 aliphatic carbocycles. The third kappa shape index (κ3) is 8.96. The van der Waals surface area contributed by atoms with E-state index in [4.69, 9.17) is 11.5 Å². The Morgan fingerprint density at radius 2 is 1.48 bits per heavy atom. The van der Waals surface area contributed by atoms with Gasteiger partial charge in [0.2, 0.25) is 0 Å². The second-order valence-electron chi connectivity index (χ2n) is 9.92.